The summed E-state index contributed by atoms with van der Waals surface area (Å²) in [7, 11) is 0. The molecule has 2 aromatic carbocycles. The third-order valence-corrected chi connectivity index (χ3v) is 4.20. The largest absolute Gasteiger partial charge is 0.306 e. The predicted octanol–water partition coefficient (Wildman–Crippen LogP) is 5.50. The Balaban J connectivity index is 2.07. The number of rotatable bonds is 4. The molecule has 0 amide bonds. The van der Waals surface area contributed by atoms with Crippen LogP contribution in [0.3, 0.4) is 0 Å². The highest BCUT2D eigenvalue weighted by atomic mass is 35.5. The Hall–Kier alpha value is -0.730. The first-order chi connectivity index (χ1) is 9.09. The Morgan fingerprint density at radius 1 is 0.947 bits per heavy atom. The van der Waals surface area contributed by atoms with Gasteiger partial charge in [-0.2, -0.15) is 0 Å². The molecule has 2 aromatic rings. The maximum atomic E-state index is 6.17. The minimum Gasteiger partial charge on any atom is -0.306 e. The van der Waals surface area contributed by atoms with E-state index in [1.807, 2.05) is 36.4 Å². The summed E-state index contributed by atoms with van der Waals surface area (Å²) in [6.45, 7) is 2.71. The Morgan fingerprint density at radius 3 is 2.37 bits per heavy atom. The van der Waals surface area contributed by atoms with Crippen LogP contribution in [-0.2, 0) is 6.54 Å². The third kappa shape index (κ3) is 3.64. The molecule has 0 bridgehead atoms. The fourth-order valence-corrected chi connectivity index (χ4v) is 2.57. The molecular formula is C15H14Cl3N. The van der Waals surface area contributed by atoms with Gasteiger partial charge in [-0.25, -0.2) is 0 Å². The summed E-state index contributed by atoms with van der Waals surface area (Å²) in [5, 5.41) is 5.34. The molecule has 1 nitrogen and oxygen atoms in total. The number of hydrogen-bond donors (Lipinski definition) is 1. The van der Waals surface area contributed by atoms with E-state index in [1.165, 1.54) is 0 Å². The molecule has 1 N–H and O–H groups in total. The lowest BCUT2D eigenvalue weighted by molar-refractivity contribution is 0.575. The normalized spacial score (nSPS) is 12.4. The topological polar surface area (TPSA) is 12.0 Å². The number of nitrogens with one attached hydrogen (secondary N) is 1. The Morgan fingerprint density at radius 2 is 1.63 bits per heavy atom. The maximum Gasteiger partial charge on any atom is 0.0637 e. The van der Waals surface area contributed by atoms with Gasteiger partial charge >= 0.3 is 0 Å². The second-order valence-corrected chi connectivity index (χ2v) is 5.53. The van der Waals surface area contributed by atoms with Crippen molar-refractivity contribution < 1.29 is 0 Å². The maximum absolute atomic E-state index is 6.17. The van der Waals surface area contributed by atoms with Crippen molar-refractivity contribution in [2.45, 2.75) is 19.5 Å². The van der Waals surface area contributed by atoms with Crippen LogP contribution in [0.2, 0.25) is 15.1 Å². The van der Waals surface area contributed by atoms with E-state index in [0.717, 1.165) is 16.1 Å². The zero-order valence-corrected chi connectivity index (χ0v) is 12.7. The third-order valence-electron chi connectivity index (χ3n) is 3.00. The predicted molar refractivity (Wildman–Crippen MR) is 83.2 cm³/mol. The second kappa shape index (κ2) is 6.62. The second-order valence-electron chi connectivity index (χ2n) is 4.34. The van der Waals surface area contributed by atoms with Gasteiger partial charge in [0.25, 0.3) is 0 Å². The van der Waals surface area contributed by atoms with Gasteiger partial charge in [-0.1, -0.05) is 65.1 Å². The van der Waals surface area contributed by atoms with Crippen molar-refractivity contribution in [1.82, 2.24) is 5.32 Å². The standard InChI is InChI=1S/C15H14Cl3N/c1-10(12-6-2-3-7-13(12)16)19-9-11-5-4-8-14(17)15(11)18/h2-8,10,19H,9H2,1H3/t10-/m0/s1. The monoisotopic (exact) mass is 313 g/mol. The van der Waals surface area contributed by atoms with Crippen LogP contribution in [0.15, 0.2) is 42.5 Å². The van der Waals surface area contributed by atoms with Crippen LogP contribution in [0, 0.1) is 0 Å². The Labute approximate surface area is 128 Å². The van der Waals surface area contributed by atoms with Crippen LogP contribution >= 0.6 is 34.8 Å². The molecule has 0 aromatic heterocycles. The first-order valence-electron chi connectivity index (χ1n) is 6.00. The Bertz CT molecular complexity index is 569. The molecule has 0 saturated carbocycles. The molecule has 0 aliphatic rings. The van der Waals surface area contributed by atoms with Crippen molar-refractivity contribution in [2.75, 3.05) is 0 Å². The van der Waals surface area contributed by atoms with Gasteiger partial charge in [0.15, 0.2) is 0 Å². The highest BCUT2D eigenvalue weighted by molar-refractivity contribution is 6.42. The van der Waals surface area contributed by atoms with Crippen molar-refractivity contribution in [2.24, 2.45) is 0 Å². The van der Waals surface area contributed by atoms with Crippen LogP contribution in [0.5, 0.6) is 0 Å². The van der Waals surface area contributed by atoms with E-state index in [9.17, 15) is 0 Å². The minimum absolute atomic E-state index is 0.142. The van der Waals surface area contributed by atoms with E-state index >= 15 is 0 Å². The molecule has 0 heterocycles. The summed E-state index contributed by atoms with van der Waals surface area (Å²) in [5.74, 6) is 0. The van der Waals surface area contributed by atoms with Gasteiger partial charge in [-0.3, -0.25) is 0 Å². The van der Waals surface area contributed by atoms with Gasteiger partial charge in [-0.15, -0.1) is 0 Å². The van der Waals surface area contributed by atoms with Crippen LogP contribution in [0.25, 0.3) is 0 Å². The number of hydrogen-bond acceptors (Lipinski definition) is 1. The molecule has 0 fully saturated rings. The van der Waals surface area contributed by atoms with Crippen LogP contribution in [-0.4, -0.2) is 0 Å². The van der Waals surface area contributed by atoms with Crippen LogP contribution < -0.4 is 5.32 Å². The molecule has 19 heavy (non-hydrogen) atoms. The summed E-state index contributed by atoms with van der Waals surface area (Å²) in [5.41, 5.74) is 2.05. The van der Waals surface area contributed by atoms with E-state index in [4.69, 9.17) is 34.8 Å². The van der Waals surface area contributed by atoms with E-state index in [1.54, 1.807) is 6.07 Å². The van der Waals surface area contributed by atoms with Crippen molar-refractivity contribution in [3.63, 3.8) is 0 Å². The van der Waals surface area contributed by atoms with Gasteiger partial charge < -0.3 is 5.32 Å². The van der Waals surface area contributed by atoms with Crippen molar-refractivity contribution >= 4 is 34.8 Å². The lowest BCUT2D eigenvalue weighted by atomic mass is 10.1. The van der Waals surface area contributed by atoms with Gasteiger partial charge in [0.2, 0.25) is 0 Å². The van der Waals surface area contributed by atoms with Gasteiger partial charge in [0.05, 0.1) is 10.0 Å². The van der Waals surface area contributed by atoms with Crippen molar-refractivity contribution in [1.29, 1.82) is 0 Å². The zero-order chi connectivity index (χ0) is 13.8. The molecule has 100 valence electrons. The quantitative estimate of drug-likeness (QED) is 0.786. The van der Waals surface area contributed by atoms with E-state index in [0.29, 0.717) is 16.6 Å². The molecule has 4 heteroatoms. The van der Waals surface area contributed by atoms with E-state index < -0.39 is 0 Å². The molecule has 0 spiro atoms. The number of halogens is 3. The highest BCUT2D eigenvalue weighted by Gasteiger charge is 2.10. The van der Waals surface area contributed by atoms with Crippen molar-refractivity contribution in [3.05, 3.63) is 68.7 Å². The van der Waals surface area contributed by atoms with E-state index in [2.05, 4.69) is 12.2 Å². The van der Waals surface area contributed by atoms with Crippen LogP contribution in [0.4, 0.5) is 0 Å². The zero-order valence-electron chi connectivity index (χ0n) is 10.5. The molecule has 0 radical (unpaired) electrons. The van der Waals surface area contributed by atoms with E-state index in [-0.39, 0.29) is 6.04 Å². The first-order valence-corrected chi connectivity index (χ1v) is 7.13. The molecule has 0 saturated heterocycles. The summed E-state index contributed by atoms with van der Waals surface area (Å²) in [6, 6.07) is 13.6. The lowest BCUT2D eigenvalue weighted by Crippen LogP contribution is -2.18. The SMILES string of the molecule is C[C@H](NCc1cccc(Cl)c1Cl)c1ccccc1Cl. The highest BCUT2D eigenvalue weighted by Crippen LogP contribution is 2.27. The van der Waals surface area contributed by atoms with Gasteiger partial charge in [0, 0.05) is 17.6 Å². The summed E-state index contributed by atoms with van der Waals surface area (Å²) in [4.78, 5) is 0. The molecule has 0 unspecified atom stereocenters. The average molecular weight is 315 g/mol. The smallest absolute Gasteiger partial charge is 0.0637 e. The summed E-state index contributed by atoms with van der Waals surface area (Å²) in [6.07, 6.45) is 0. The van der Waals surface area contributed by atoms with Gasteiger partial charge in [-0.05, 0) is 30.2 Å². The lowest BCUT2D eigenvalue weighted by Gasteiger charge is -2.16. The number of benzene rings is 2. The molecule has 2 rings (SSSR count). The molecule has 1 atom stereocenters. The fourth-order valence-electron chi connectivity index (χ4n) is 1.88. The Kier molecular flexibility index (Phi) is 5.12. The molecule has 0 aliphatic heterocycles. The van der Waals surface area contributed by atoms with Crippen LogP contribution in [0.1, 0.15) is 24.1 Å². The molecule has 0 aliphatic carbocycles. The van der Waals surface area contributed by atoms with Gasteiger partial charge in [0.1, 0.15) is 0 Å². The average Bonchev–Trinajstić information content (AvgIpc) is 2.40. The summed E-state index contributed by atoms with van der Waals surface area (Å²) >= 11 is 18.3. The fraction of sp³-hybridized carbons (Fsp3) is 0.200. The summed E-state index contributed by atoms with van der Waals surface area (Å²) < 4.78 is 0. The van der Waals surface area contributed by atoms with Crippen molar-refractivity contribution in [3.8, 4) is 0 Å². The first kappa shape index (κ1) is 14.7. The minimum atomic E-state index is 0.142. The molecular weight excluding hydrogens is 301 g/mol.